The summed E-state index contributed by atoms with van der Waals surface area (Å²) < 4.78 is 37.3. The SMILES string of the molecule is CC(C)c1ccc(F)c(F)c1.CC(C)c1ccc(F)cc1. The van der Waals surface area contributed by atoms with Gasteiger partial charge in [0, 0.05) is 0 Å². The van der Waals surface area contributed by atoms with E-state index in [1.165, 1.54) is 23.8 Å². The first kappa shape index (κ1) is 17.3. The van der Waals surface area contributed by atoms with Gasteiger partial charge < -0.3 is 0 Å². The Bertz CT molecular complexity index is 557. The molecule has 0 bridgehead atoms. The summed E-state index contributed by atoms with van der Waals surface area (Å²) in [6.07, 6.45) is 0. The van der Waals surface area contributed by atoms with E-state index in [2.05, 4.69) is 13.8 Å². The Kier molecular flexibility index (Phi) is 6.47. The highest BCUT2D eigenvalue weighted by Gasteiger charge is 2.04. The minimum atomic E-state index is -0.783. The van der Waals surface area contributed by atoms with Crippen molar-refractivity contribution in [3.05, 3.63) is 71.0 Å². The first-order chi connectivity index (χ1) is 9.81. The van der Waals surface area contributed by atoms with Crippen LogP contribution in [0.15, 0.2) is 42.5 Å². The molecule has 0 unspecified atom stereocenters. The molecular weight excluding hydrogens is 273 g/mol. The molecule has 21 heavy (non-hydrogen) atoms. The predicted octanol–water partition coefficient (Wildman–Crippen LogP) is 6.04. The quantitative estimate of drug-likeness (QED) is 0.633. The highest BCUT2D eigenvalue weighted by Crippen LogP contribution is 2.16. The Morgan fingerprint density at radius 2 is 1.10 bits per heavy atom. The van der Waals surface area contributed by atoms with Gasteiger partial charge in [-0.1, -0.05) is 45.9 Å². The van der Waals surface area contributed by atoms with Crippen LogP contribution in [-0.4, -0.2) is 0 Å². The molecule has 0 aliphatic heterocycles. The van der Waals surface area contributed by atoms with Crippen molar-refractivity contribution < 1.29 is 13.2 Å². The van der Waals surface area contributed by atoms with E-state index in [-0.39, 0.29) is 11.7 Å². The van der Waals surface area contributed by atoms with Crippen LogP contribution in [0.2, 0.25) is 0 Å². The van der Waals surface area contributed by atoms with Crippen molar-refractivity contribution in [2.75, 3.05) is 0 Å². The molecule has 0 atom stereocenters. The zero-order valence-electron chi connectivity index (χ0n) is 12.8. The molecule has 0 fully saturated rings. The normalized spacial score (nSPS) is 10.5. The van der Waals surface area contributed by atoms with Crippen LogP contribution >= 0.6 is 0 Å². The smallest absolute Gasteiger partial charge is 0.159 e. The van der Waals surface area contributed by atoms with Crippen molar-refractivity contribution in [1.29, 1.82) is 0 Å². The summed E-state index contributed by atoms with van der Waals surface area (Å²) in [5.41, 5.74) is 2.00. The lowest BCUT2D eigenvalue weighted by Crippen LogP contribution is -1.90. The molecule has 3 heteroatoms. The largest absolute Gasteiger partial charge is 0.207 e. The van der Waals surface area contributed by atoms with Crippen molar-refractivity contribution in [3.8, 4) is 0 Å². The van der Waals surface area contributed by atoms with Crippen LogP contribution in [0, 0.1) is 17.5 Å². The molecule has 2 aromatic rings. The Morgan fingerprint density at radius 1 is 0.619 bits per heavy atom. The van der Waals surface area contributed by atoms with Gasteiger partial charge >= 0.3 is 0 Å². The van der Waals surface area contributed by atoms with E-state index in [0.717, 1.165) is 11.6 Å². The third-order valence-electron chi connectivity index (χ3n) is 3.15. The van der Waals surface area contributed by atoms with Crippen LogP contribution < -0.4 is 0 Å². The van der Waals surface area contributed by atoms with E-state index < -0.39 is 11.6 Å². The van der Waals surface area contributed by atoms with Gasteiger partial charge in [0.05, 0.1) is 0 Å². The average molecular weight is 294 g/mol. The molecule has 2 aromatic carbocycles. The number of rotatable bonds is 2. The van der Waals surface area contributed by atoms with Crippen LogP contribution in [0.25, 0.3) is 0 Å². The van der Waals surface area contributed by atoms with Crippen molar-refractivity contribution >= 4 is 0 Å². The minimum absolute atomic E-state index is 0.163. The Balaban J connectivity index is 0.000000211. The van der Waals surface area contributed by atoms with E-state index >= 15 is 0 Å². The van der Waals surface area contributed by atoms with Gasteiger partial charge in [-0.25, -0.2) is 13.2 Å². The molecule has 114 valence electrons. The van der Waals surface area contributed by atoms with Crippen LogP contribution in [0.4, 0.5) is 13.2 Å². The lowest BCUT2D eigenvalue weighted by atomic mass is 10.0. The number of hydrogen-bond donors (Lipinski definition) is 0. The fraction of sp³-hybridized carbons (Fsp3) is 0.333. The Labute approximate surface area is 124 Å². The van der Waals surface area contributed by atoms with E-state index in [1.54, 1.807) is 6.07 Å². The second kappa shape index (κ2) is 7.87. The number of benzene rings is 2. The molecule has 0 radical (unpaired) electrons. The molecule has 0 aromatic heterocycles. The van der Waals surface area contributed by atoms with E-state index in [0.29, 0.717) is 5.92 Å². The topological polar surface area (TPSA) is 0 Å². The summed E-state index contributed by atoms with van der Waals surface area (Å²) in [6.45, 7) is 8.06. The van der Waals surface area contributed by atoms with E-state index in [1.807, 2.05) is 26.0 Å². The zero-order chi connectivity index (χ0) is 16.0. The molecule has 0 spiro atoms. The molecule has 2 rings (SSSR count). The molecule has 0 aliphatic carbocycles. The lowest BCUT2D eigenvalue weighted by Gasteiger charge is -2.04. The zero-order valence-corrected chi connectivity index (χ0v) is 12.8. The van der Waals surface area contributed by atoms with Gasteiger partial charge in [0.2, 0.25) is 0 Å². The molecule has 0 heterocycles. The molecule has 0 saturated carbocycles. The Morgan fingerprint density at radius 3 is 1.52 bits per heavy atom. The van der Waals surface area contributed by atoms with Gasteiger partial charge in [-0.15, -0.1) is 0 Å². The number of hydrogen-bond acceptors (Lipinski definition) is 0. The van der Waals surface area contributed by atoms with Crippen LogP contribution in [0.1, 0.15) is 50.7 Å². The monoisotopic (exact) mass is 294 g/mol. The summed E-state index contributed by atoms with van der Waals surface area (Å²) in [5.74, 6) is -0.985. The fourth-order valence-corrected chi connectivity index (χ4v) is 1.72. The van der Waals surface area contributed by atoms with Crippen LogP contribution in [0.5, 0.6) is 0 Å². The molecule has 0 saturated heterocycles. The minimum Gasteiger partial charge on any atom is -0.207 e. The van der Waals surface area contributed by atoms with Gasteiger partial charge in [0.15, 0.2) is 11.6 Å². The third-order valence-corrected chi connectivity index (χ3v) is 3.15. The maximum atomic E-state index is 12.6. The van der Waals surface area contributed by atoms with Crippen LogP contribution in [0.3, 0.4) is 0 Å². The van der Waals surface area contributed by atoms with Crippen LogP contribution in [-0.2, 0) is 0 Å². The maximum absolute atomic E-state index is 12.6. The van der Waals surface area contributed by atoms with Crippen molar-refractivity contribution in [2.24, 2.45) is 0 Å². The average Bonchev–Trinajstić information content (AvgIpc) is 2.43. The number of halogens is 3. The summed E-state index contributed by atoms with van der Waals surface area (Å²) in [4.78, 5) is 0. The van der Waals surface area contributed by atoms with Gasteiger partial charge in [-0.2, -0.15) is 0 Å². The summed E-state index contributed by atoms with van der Waals surface area (Å²) in [7, 11) is 0. The van der Waals surface area contributed by atoms with Gasteiger partial charge in [0.1, 0.15) is 5.82 Å². The van der Waals surface area contributed by atoms with Gasteiger partial charge in [-0.3, -0.25) is 0 Å². The highest BCUT2D eigenvalue weighted by atomic mass is 19.2. The van der Waals surface area contributed by atoms with E-state index in [9.17, 15) is 13.2 Å². The summed E-state index contributed by atoms with van der Waals surface area (Å²) in [6, 6.07) is 10.6. The highest BCUT2D eigenvalue weighted by molar-refractivity contribution is 5.20. The second-order valence-electron chi connectivity index (χ2n) is 5.53. The maximum Gasteiger partial charge on any atom is 0.159 e. The first-order valence-corrected chi connectivity index (χ1v) is 7.01. The molecule has 0 N–H and O–H groups in total. The van der Waals surface area contributed by atoms with Gasteiger partial charge in [-0.05, 0) is 47.2 Å². The summed E-state index contributed by atoms with van der Waals surface area (Å²) in [5, 5.41) is 0. The van der Waals surface area contributed by atoms with Crippen molar-refractivity contribution in [2.45, 2.75) is 39.5 Å². The fourth-order valence-electron chi connectivity index (χ4n) is 1.72. The van der Waals surface area contributed by atoms with Gasteiger partial charge in [0.25, 0.3) is 0 Å². The molecule has 0 aliphatic rings. The lowest BCUT2D eigenvalue weighted by molar-refractivity contribution is 0.506. The molecule has 0 nitrogen and oxygen atoms in total. The van der Waals surface area contributed by atoms with Crippen molar-refractivity contribution in [1.82, 2.24) is 0 Å². The van der Waals surface area contributed by atoms with Crippen molar-refractivity contribution in [3.63, 3.8) is 0 Å². The Hall–Kier alpha value is -1.77. The second-order valence-corrected chi connectivity index (χ2v) is 5.53. The summed E-state index contributed by atoms with van der Waals surface area (Å²) >= 11 is 0. The first-order valence-electron chi connectivity index (χ1n) is 7.01. The standard InChI is InChI=1S/C9H10F2.C9H11F/c1-6(2)7-3-4-8(10)9(11)5-7;1-7(2)8-3-5-9(10)6-4-8/h3-6H,1-2H3;3-7H,1-2H3. The predicted molar refractivity (Wildman–Crippen MR) is 80.9 cm³/mol. The third kappa shape index (κ3) is 5.62. The molecule has 0 amide bonds. The molecular formula is C18H21F3. The van der Waals surface area contributed by atoms with E-state index in [4.69, 9.17) is 0 Å².